The number of hydrogen-bond acceptors (Lipinski definition) is 3. The zero-order valence-corrected chi connectivity index (χ0v) is 13.6. The van der Waals surface area contributed by atoms with Crippen LogP contribution >= 0.6 is 23.7 Å². The maximum atomic E-state index is 13.9. The molecule has 1 aromatic heterocycles. The normalized spacial score (nSPS) is 18.6. The van der Waals surface area contributed by atoms with Crippen LogP contribution < -0.4 is 5.32 Å². The van der Waals surface area contributed by atoms with Gasteiger partial charge in [-0.2, -0.15) is 0 Å². The molecule has 3 nitrogen and oxygen atoms in total. The number of halogens is 2. The summed E-state index contributed by atoms with van der Waals surface area (Å²) in [6.45, 7) is 6.20. The fraction of sp³-hybridized carbons (Fsp3) is 0.400. The quantitative estimate of drug-likeness (QED) is 0.872. The van der Waals surface area contributed by atoms with Gasteiger partial charge in [-0.05, 0) is 31.5 Å². The SMILES string of the molecule is Cc1c(C(=O)N2CCNC[C@@H]2C)sc2cccc(F)c12.Cl. The van der Waals surface area contributed by atoms with Crippen LogP contribution in [0.4, 0.5) is 4.39 Å². The van der Waals surface area contributed by atoms with Crippen molar-refractivity contribution >= 4 is 39.7 Å². The monoisotopic (exact) mass is 328 g/mol. The van der Waals surface area contributed by atoms with Gasteiger partial charge >= 0.3 is 0 Å². The van der Waals surface area contributed by atoms with Crippen molar-refractivity contribution in [3.8, 4) is 0 Å². The lowest BCUT2D eigenvalue weighted by atomic mass is 10.1. The Morgan fingerprint density at radius 2 is 2.24 bits per heavy atom. The zero-order chi connectivity index (χ0) is 14.3. The Morgan fingerprint density at radius 3 is 2.90 bits per heavy atom. The standard InChI is InChI=1S/C15H17FN2OS.ClH/c1-9-8-17-6-7-18(9)15(19)14-10(2)13-11(16)4-3-5-12(13)20-14;/h3-5,9,17H,6-8H2,1-2H3;1H/t9-;/m0./s1. The molecule has 21 heavy (non-hydrogen) atoms. The van der Waals surface area contributed by atoms with Gasteiger partial charge in [-0.15, -0.1) is 23.7 Å². The number of thiophene rings is 1. The Morgan fingerprint density at radius 1 is 1.48 bits per heavy atom. The molecule has 1 aromatic carbocycles. The highest BCUT2D eigenvalue weighted by atomic mass is 35.5. The molecule has 3 rings (SSSR count). The maximum absolute atomic E-state index is 13.9. The predicted octanol–water partition coefficient (Wildman–Crippen LogP) is 3.20. The summed E-state index contributed by atoms with van der Waals surface area (Å²) in [6.07, 6.45) is 0. The first-order valence-electron chi connectivity index (χ1n) is 6.79. The lowest BCUT2D eigenvalue weighted by molar-refractivity contribution is 0.0660. The van der Waals surface area contributed by atoms with Crippen LogP contribution in [0.1, 0.15) is 22.2 Å². The van der Waals surface area contributed by atoms with Gasteiger partial charge in [0.2, 0.25) is 0 Å². The largest absolute Gasteiger partial charge is 0.333 e. The van der Waals surface area contributed by atoms with E-state index in [4.69, 9.17) is 0 Å². The first-order chi connectivity index (χ1) is 9.59. The minimum Gasteiger partial charge on any atom is -0.333 e. The van der Waals surface area contributed by atoms with Crippen LogP contribution in [0, 0.1) is 12.7 Å². The number of nitrogens with one attached hydrogen (secondary N) is 1. The summed E-state index contributed by atoms with van der Waals surface area (Å²) in [4.78, 5) is 15.2. The van der Waals surface area contributed by atoms with E-state index in [1.54, 1.807) is 6.07 Å². The number of hydrogen-bond donors (Lipinski definition) is 1. The highest BCUT2D eigenvalue weighted by molar-refractivity contribution is 7.21. The number of nitrogens with zero attached hydrogens (tertiary/aromatic N) is 1. The van der Waals surface area contributed by atoms with Gasteiger partial charge < -0.3 is 10.2 Å². The molecule has 2 aromatic rings. The Bertz CT molecular complexity index is 673. The molecule has 0 bridgehead atoms. The van der Waals surface area contributed by atoms with Gasteiger partial charge in [-0.3, -0.25) is 4.79 Å². The summed E-state index contributed by atoms with van der Waals surface area (Å²) in [5, 5.41) is 3.86. The van der Waals surface area contributed by atoms with Gasteiger partial charge in [0.1, 0.15) is 5.82 Å². The molecule has 1 fully saturated rings. The first-order valence-corrected chi connectivity index (χ1v) is 7.60. The average molecular weight is 329 g/mol. The van der Waals surface area contributed by atoms with Crippen molar-refractivity contribution in [1.29, 1.82) is 0 Å². The van der Waals surface area contributed by atoms with Gasteiger partial charge in [-0.25, -0.2) is 4.39 Å². The molecule has 2 heterocycles. The maximum Gasteiger partial charge on any atom is 0.264 e. The van der Waals surface area contributed by atoms with E-state index < -0.39 is 0 Å². The van der Waals surface area contributed by atoms with E-state index in [-0.39, 0.29) is 30.2 Å². The van der Waals surface area contributed by atoms with Crippen LogP contribution in [-0.2, 0) is 0 Å². The van der Waals surface area contributed by atoms with Crippen molar-refractivity contribution in [1.82, 2.24) is 10.2 Å². The Balaban J connectivity index is 0.00000161. The molecule has 6 heteroatoms. The summed E-state index contributed by atoms with van der Waals surface area (Å²) in [5.41, 5.74) is 0.763. The number of fused-ring (bicyclic) bond motifs is 1. The molecule has 0 aliphatic carbocycles. The van der Waals surface area contributed by atoms with Crippen LogP contribution in [0.5, 0.6) is 0 Å². The van der Waals surface area contributed by atoms with E-state index in [0.29, 0.717) is 16.8 Å². The van der Waals surface area contributed by atoms with E-state index in [0.717, 1.165) is 23.4 Å². The number of piperazine rings is 1. The third-order valence-electron chi connectivity index (χ3n) is 3.86. The fourth-order valence-corrected chi connectivity index (χ4v) is 3.91. The lowest BCUT2D eigenvalue weighted by Gasteiger charge is -2.33. The fourth-order valence-electron chi connectivity index (χ4n) is 2.73. The summed E-state index contributed by atoms with van der Waals surface area (Å²) in [7, 11) is 0. The molecule has 1 N–H and O–H groups in total. The van der Waals surface area contributed by atoms with Crippen molar-refractivity contribution in [2.24, 2.45) is 0 Å². The molecule has 1 saturated heterocycles. The molecule has 1 aliphatic rings. The molecule has 114 valence electrons. The van der Waals surface area contributed by atoms with E-state index in [1.165, 1.54) is 17.4 Å². The van der Waals surface area contributed by atoms with Crippen molar-refractivity contribution in [2.75, 3.05) is 19.6 Å². The highest BCUT2D eigenvalue weighted by Gasteiger charge is 2.27. The molecule has 0 saturated carbocycles. The second-order valence-electron chi connectivity index (χ2n) is 5.22. The molecule has 1 amide bonds. The van der Waals surface area contributed by atoms with Crippen LogP contribution in [0.15, 0.2) is 18.2 Å². The number of amides is 1. The molecule has 1 atom stereocenters. The molecule has 0 spiro atoms. The molecular formula is C15H18ClFN2OS. The zero-order valence-electron chi connectivity index (χ0n) is 12.0. The Labute approximate surface area is 133 Å². The smallest absolute Gasteiger partial charge is 0.264 e. The van der Waals surface area contributed by atoms with Crippen LogP contribution in [0.25, 0.3) is 10.1 Å². The molecule has 1 aliphatic heterocycles. The second-order valence-corrected chi connectivity index (χ2v) is 6.27. The van der Waals surface area contributed by atoms with Crippen molar-refractivity contribution in [3.63, 3.8) is 0 Å². The third-order valence-corrected chi connectivity index (χ3v) is 5.10. The predicted molar refractivity (Wildman–Crippen MR) is 87.1 cm³/mol. The molecule has 0 unspecified atom stereocenters. The summed E-state index contributed by atoms with van der Waals surface area (Å²) >= 11 is 1.39. The Kier molecular flexibility index (Phi) is 4.86. The minimum absolute atomic E-state index is 0. The van der Waals surface area contributed by atoms with E-state index >= 15 is 0 Å². The van der Waals surface area contributed by atoms with Gasteiger partial charge in [0, 0.05) is 35.8 Å². The van der Waals surface area contributed by atoms with Crippen molar-refractivity contribution in [3.05, 3.63) is 34.5 Å². The Hall–Kier alpha value is -1.17. The third kappa shape index (κ3) is 2.78. The lowest BCUT2D eigenvalue weighted by Crippen LogP contribution is -2.52. The van der Waals surface area contributed by atoms with E-state index in [9.17, 15) is 9.18 Å². The van der Waals surface area contributed by atoms with E-state index in [2.05, 4.69) is 5.32 Å². The van der Waals surface area contributed by atoms with Crippen molar-refractivity contribution in [2.45, 2.75) is 19.9 Å². The first kappa shape index (κ1) is 16.2. The minimum atomic E-state index is -0.247. The van der Waals surface area contributed by atoms with Crippen LogP contribution in [0.2, 0.25) is 0 Å². The summed E-state index contributed by atoms with van der Waals surface area (Å²) in [5.74, 6) is -0.222. The summed E-state index contributed by atoms with van der Waals surface area (Å²) in [6, 6.07) is 5.18. The summed E-state index contributed by atoms with van der Waals surface area (Å²) < 4.78 is 14.8. The number of benzene rings is 1. The number of aryl methyl sites for hydroxylation is 1. The van der Waals surface area contributed by atoms with Crippen LogP contribution in [-0.4, -0.2) is 36.5 Å². The van der Waals surface area contributed by atoms with Gasteiger partial charge in [-0.1, -0.05) is 6.07 Å². The van der Waals surface area contributed by atoms with Gasteiger partial charge in [0.25, 0.3) is 5.91 Å². The van der Waals surface area contributed by atoms with Crippen LogP contribution in [0.3, 0.4) is 0 Å². The number of rotatable bonds is 1. The number of carbonyl (C=O) groups excluding carboxylic acids is 1. The second kappa shape index (κ2) is 6.30. The van der Waals surface area contributed by atoms with Gasteiger partial charge in [0.05, 0.1) is 4.88 Å². The average Bonchev–Trinajstić information content (AvgIpc) is 2.77. The van der Waals surface area contributed by atoms with Crippen molar-refractivity contribution < 1.29 is 9.18 Å². The van der Waals surface area contributed by atoms with E-state index in [1.807, 2.05) is 24.8 Å². The number of carbonyl (C=O) groups is 1. The van der Waals surface area contributed by atoms with Gasteiger partial charge in [0.15, 0.2) is 0 Å². The highest BCUT2D eigenvalue weighted by Crippen LogP contribution is 2.33. The molecule has 0 radical (unpaired) electrons. The topological polar surface area (TPSA) is 32.3 Å². The molecular weight excluding hydrogens is 311 g/mol.